The van der Waals surface area contributed by atoms with Gasteiger partial charge < -0.3 is 20.4 Å². The van der Waals surface area contributed by atoms with E-state index in [4.69, 9.17) is 0 Å². The Kier molecular flexibility index (Phi) is 6.03. The summed E-state index contributed by atoms with van der Waals surface area (Å²) in [6.07, 6.45) is 1.65. The van der Waals surface area contributed by atoms with Gasteiger partial charge >= 0.3 is 0 Å². The van der Waals surface area contributed by atoms with Crippen molar-refractivity contribution in [2.75, 3.05) is 50.0 Å². The van der Waals surface area contributed by atoms with Crippen LogP contribution < -0.4 is 15.5 Å². The second-order valence-corrected chi connectivity index (χ2v) is 6.80. The monoisotopic (exact) mass is 367 g/mol. The Morgan fingerprint density at radius 3 is 2.56 bits per heavy atom. The minimum Gasteiger partial charge on any atom is -0.354 e. The van der Waals surface area contributed by atoms with E-state index in [0.717, 1.165) is 37.6 Å². The number of carbonyl (C=O) groups excluding carboxylic acids is 2. The number of aromatic nitrogens is 1. The predicted molar refractivity (Wildman–Crippen MR) is 106 cm³/mol. The molecule has 0 unspecified atom stereocenters. The van der Waals surface area contributed by atoms with E-state index in [1.807, 2.05) is 31.2 Å². The molecule has 0 saturated carbocycles. The third-order valence-electron chi connectivity index (χ3n) is 4.55. The first kappa shape index (κ1) is 18.8. The lowest BCUT2D eigenvalue weighted by molar-refractivity contribution is -0.115. The third kappa shape index (κ3) is 5.27. The maximum atomic E-state index is 12.1. The molecule has 2 heterocycles. The van der Waals surface area contributed by atoms with Gasteiger partial charge in [-0.3, -0.25) is 9.59 Å². The molecular formula is C20H25N5O2. The number of amides is 2. The summed E-state index contributed by atoms with van der Waals surface area (Å²) in [4.78, 5) is 33.1. The normalized spacial score (nSPS) is 14.7. The molecule has 1 aromatic carbocycles. The molecule has 2 aromatic rings. The van der Waals surface area contributed by atoms with Crippen LogP contribution in [0.5, 0.6) is 0 Å². The van der Waals surface area contributed by atoms with Crippen LogP contribution in [-0.4, -0.2) is 61.5 Å². The Balaban J connectivity index is 1.48. The molecule has 1 fully saturated rings. The molecule has 27 heavy (non-hydrogen) atoms. The molecule has 0 spiro atoms. The zero-order chi connectivity index (χ0) is 19.2. The van der Waals surface area contributed by atoms with Gasteiger partial charge in [0.05, 0.1) is 18.4 Å². The second-order valence-electron chi connectivity index (χ2n) is 6.80. The van der Waals surface area contributed by atoms with E-state index in [0.29, 0.717) is 11.3 Å². The van der Waals surface area contributed by atoms with Gasteiger partial charge in [-0.2, -0.15) is 0 Å². The molecule has 0 aliphatic carbocycles. The Labute approximate surface area is 159 Å². The summed E-state index contributed by atoms with van der Waals surface area (Å²) in [6, 6.07) is 11.0. The number of likely N-dealkylation sites (N-methyl/N-ethyl adjacent to an activating group) is 1. The summed E-state index contributed by atoms with van der Waals surface area (Å²) in [5.41, 5.74) is 2.15. The number of nitrogens with zero attached hydrogens (tertiary/aromatic N) is 3. The standard InChI is InChI=1S/C20H25N5O2/c1-15-4-3-5-16(12-15)20(27)22-14-19(26)23-17-6-7-18(21-13-17)25-10-8-24(2)9-11-25/h3-7,12-13H,8-11,14H2,1-2H3,(H,22,27)(H,23,26). The molecule has 1 aliphatic heterocycles. The molecular weight excluding hydrogens is 342 g/mol. The Hall–Kier alpha value is -2.93. The van der Waals surface area contributed by atoms with Crippen LogP contribution in [-0.2, 0) is 4.79 Å². The van der Waals surface area contributed by atoms with Crippen LogP contribution >= 0.6 is 0 Å². The quantitative estimate of drug-likeness (QED) is 0.838. The number of piperazine rings is 1. The van der Waals surface area contributed by atoms with Crippen LogP contribution in [0.3, 0.4) is 0 Å². The number of pyridine rings is 1. The van der Waals surface area contributed by atoms with E-state index in [9.17, 15) is 9.59 Å². The van der Waals surface area contributed by atoms with Crippen molar-refractivity contribution in [1.29, 1.82) is 0 Å². The molecule has 0 bridgehead atoms. The number of hydrogen-bond donors (Lipinski definition) is 2. The van der Waals surface area contributed by atoms with Gasteiger partial charge in [-0.15, -0.1) is 0 Å². The van der Waals surface area contributed by atoms with Crippen molar-refractivity contribution >= 4 is 23.3 Å². The average molecular weight is 367 g/mol. The molecule has 142 valence electrons. The number of nitrogens with one attached hydrogen (secondary N) is 2. The van der Waals surface area contributed by atoms with E-state index >= 15 is 0 Å². The highest BCUT2D eigenvalue weighted by Crippen LogP contribution is 2.15. The lowest BCUT2D eigenvalue weighted by Crippen LogP contribution is -2.44. The SMILES string of the molecule is Cc1cccc(C(=O)NCC(=O)Nc2ccc(N3CCN(C)CC3)nc2)c1. The Morgan fingerprint density at radius 1 is 1.11 bits per heavy atom. The minimum absolute atomic E-state index is 0.0903. The van der Waals surface area contributed by atoms with Gasteiger partial charge in [0.25, 0.3) is 5.91 Å². The summed E-state index contributed by atoms with van der Waals surface area (Å²) < 4.78 is 0. The first-order valence-corrected chi connectivity index (χ1v) is 9.05. The summed E-state index contributed by atoms with van der Waals surface area (Å²) in [5, 5.41) is 5.38. The van der Waals surface area contributed by atoms with E-state index in [2.05, 4.69) is 32.5 Å². The lowest BCUT2D eigenvalue weighted by atomic mass is 10.1. The van der Waals surface area contributed by atoms with E-state index in [1.54, 1.807) is 18.3 Å². The Morgan fingerprint density at radius 2 is 1.89 bits per heavy atom. The van der Waals surface area contributed by atoms with Crippen molar-refractivity contribution in [2.45, 2.75) is 6.92 Å². The average Bonchev–Trinajstić information content (AvgIpc) is 2.67. The summed E-state index contributed by atoms with van der Waals surface area (Å²) in [6.45, 7) is 5.75. The van der Waals surface area contributed by atoms with Gasteiger partial charge in [0.2, 0.25) is 5.91 Å². The van der Waals surface area contributed by atoms with Crippen LogP contribution in [0.4, 0.5) is 11.5 Å². The van der Waals surface area contributed by atoms with Crippen molar-refractivity contribution in [3.8, 4) is 0 Å². The third-order valence-corrected chi connectivity index (χ3v) is 4.55. The van der Waals surface area contributed by atoms with Crippen LogP contribution in [0, 0.1) is 6.92 Å². The first-order valence-electron chi connectivity index (χ1n) is 9.05. The largest absolute Gasteiger partial charge is 0.354 e. The maximum Gasteiger partial charge on any atom is 0.251 e. The molecule has 1 aliphatic rings. The van der Waals surface area contributed by atoms with Gasteiger partial charge in [-0.1, -0.05) is 17.7 Å². The fourth-order valence-corrected chi connectivity index (χ4v) is 2.94. The zero-order valence-corrected chi connectivity index (χ0v) is 15.7. The molecule has 1 aromatic heterocycles. The Bertz CT molecular complexity index is 798. The van der Waals surface area contributed by atoms with Gasteiger partial charge in [0.1, 0.15) is 5.82 Å². The zero-order valence-electron chi connectivity index (χ0n) is 15.7. The van der Waals surface area contributed by atoms with Crippen LogP contribution in [0.15, 0.2) is 42.6 Å². The van der Waals surface area contributed by atoms with Crippen molar-refractivity contribution in [1.82, 2.24) is 15.2 Å². The number of anilines is 2. The fourth-order valence-electron chi connectivity index (χ4n) is 2.94. The molecule has 7 heteroatoms. The summed E-state index contributed by atoms with van der Waals surface area (Å²) in [7, 11) is 2.11. The summed E-state index contributed by atoms with van der Waals surface area (Å²) in [5.74, 6) is 0.358. The van der Waals surface area contributed by atoms with E-state index < -0.39 is 0 Å². The van der Waals surface area contributed by atoms with Gasteiger partial charge in [-0.25, -0.2) is 4.98 Å². The van der Waals surface area contributed by atoms with Crippen molar-refractivity contribution in [3.63, 3.8) is 0 Å². The highest BCUT2D eigenvalue weighted by atomic mass is 16.2. The molecule has 0 atom stereocenters. The molecule has 3 rings (SSSR count). The smallest absolute Gasteiger partial charge is 0.251 e. The number of rotatable bonds is 5. The van der Waals surface area contributed by atoms with Crippen molar-refractivity contribution < 1.29 is 9.59 Å². The first-order chi connectivity index (χ1) is 13.0. The van der Waals surface area contributed by atoms with Crippen LogP contribution in [0.25, 0.3) is 0 Å². The molecule has 2 N–H and O–H groups in total. The van der Waals surface area contributed by atoms with Crippen molar-refractivity contribution in [3.05, 3.63) is 53.7 Å². The van der Waals surface area contributed by atoms with Crippen LogP contribution in [0.1, 0.15) is 15.9 Å². The number of benzene rings is 1. The highest BCUT2D eigenvalue weighted by Gasteiger charge is 2.15. The second kappa shape index (κ2) is 8.64. The number of aryl methyl sites for hydroxylation is 1. The molecule has 0 radical (unpaired) electrons. The maximum absolute atomic E-state index is 12.1. The predicted octanol–water partition coefficient (Wildman–Crippen LogP) is 1.51. The molecule has 2 amide bonds. The topological polar surface area (TPSA) is 77.6 Å². The van der Waals surface area contributed by atoms with E-state index in [1.165, 1.54) is 0 Å². The highest BCUT2D eigenvalue weighted by molar-refractivity contribution is 5.99. The van der Waals surface area contributed by atoms with Gasteiger partial charge in [0.15, 0.2) is 0 Å². The molecule has 7 nitrogen and oxygen atoms in total. The lowest BCUT2D eigenvalue weighted by Gasteiger charge is -2.33. The molecule has 1 saturated heterocycles. The van der Waals surface area contributed by atoms with Crippen LogP contribution in [0.2, 0.25) is 0 Å². The number of hydrogen-bond acceptors (Lipinski definition) is 5. The van der Waals surface area contributed by atoms with Gasteiger partial charge in [-0.05, 0) is 38.2 Å². The van der Waals surface area contributed by atoms with Crippen molar-refractivity contribution in [2.24, 2.45) is 0 Å². The van der Waals surface area contributed by atoms with Gasteiger partial charge in [0, 0.05) is 31.7 Å². The number of carbonyl (C=O) groups is 2. The van der Waals surface area contributed by atoms with E-state index in [-0.39, 0.29) is 18.4 Å². The summed E-state index contributed by atoms with van der Waals surface area (Å²) >= 11 is 0. The fraction of sp³-hybridized carbons (Fsp3) is 0.350. The minimum atomic E-state index is -0.287.